The smallest absolute Gasteiger partial charge is 0.267 e. The maximum absolute atomic E-state index is 5.26. The predicted octanol–water partition coefficient (Wildman–Crippen LogP) is 1.77. The minimum Gasteiger partial charge on any atom is -0.447 e. The number of rotatable bonds is 1. The average molecular weight is 147 g/mol. The van der Waals surface area contributed by atoms with Crippen LogP contribution < -0.4 is 9.47 Å². The lowest BCUT2D eigenvalue weighted by Crippen LogP contribution is -2.13. The van der Waals surface area contributed by atoms with E-state index in [4.69, 9.17) is 9.47 Å². The molecule has 11 heavy (non-hydrogen) atoms. The van der Waals surface area contributed by atoms with E-state index in [1.165, 1.54) is 0 Å². The number of hydrogen-bond donors (Lipinski definition) is 0. The zero-order valence-electron chi connectivity index (χ0n) is 5.91. The maximum Gasteiger partial charge on any atom is 0.267 e. The number of benzene rings is 1. The van der Waals surface area contributed by atoms with Gasteiger partial charge in [0.05, 0.1) is 0 Å². The quantitative estimate of drug-likeness (QED) is 0.602. The van der Waals surface area contributed by atoms with E-state index in [0.29, 0.717) is 0 Å². The van der Waals surface area contributed by atoms with Crippen LogP contribution in [-0.2, 0) is 0 Å². The van der Waals surface area contributed by atoms with E-state index < -0.39 is 6.29 Å². The van der Waals surface area contributed by atoms with Crippen LogP contribution in [0.2, 0.25) is 0 Å². The fraction of sp³-hybridized carbons (Fsp3) is 0.111. The van der Waals surface area contributed by atoms with Crippen LogP contribution in [0, 0.1) is 6.08 Å². The Hall–Kier alpha value is -1.44. The Morgan fingerprint density at radius 3 is 2.18 bits per heavy atom. The molecule has 1 aliphatic heterocycles. The number of fused-ring (bicyclic) bond motifs is 1. The molecule has 0 fully saturated rings. The van der Waals surface area contributed by atoms with Gasteiger partial charge < -0.3 is 9.47 Å². The fourth-order valence-corrected chi connectivity index (χ4v) is 0.983. The molecule has 1 aromatic rings. The molecule has 55 valence electrons. The lowest BCUT2D eigenvalue weighted by atomic mass is 10.3. The molecule has 2 rings (SSSR count). The van der Waals surface area contributed by atoms with E-state index in [-0.39, 0.29) is 0 Å². The fourth-order valence-electron chi connectivity index (χ4n) is 0.983. The molecule has 0 amide bonds. The molecule has 1 aromatic carbocycles. The third-order valence-corrected chi connectivity index (χ3v) is 1.48. The van der Waals surface area contributed by atoms with E-state index in [1.54, 1.807) is 0 Å². The Morgan fingerprint density at radius 1 is 1.18 bits per heavy atom. The lowest BCUT2D eigenvalue weighted by Gasteiger charge is -2.00. The summed E-state index contributed by atoms with van der Waals surface area (Å²) in [6.07, 6.45) is 2.18. The Kier molecular flexibility index (Phi) is 1.32. The van der Waals surface area contributed by atoms with Gasteiger partial charge in [-0.3, -0.25) is 0 Å². The summed E-state index contributed by atoms with van der Waals surface area (Å²) >= 11 is 0. The maximum atomic E-state index is 5.26. The number of ether oxygens (including phenoxy) is 2. The Morgan fingerprint density at radius 2 is 1.73 bits per heavy atom. The largest absolute Gasteiger partial charge is 0.447 e. The van der Waals surface area contributed by atoms with Crippen molar-refractivity contribution in [3.05, 3.63) is 36.9 Å². The van der Waals surface area contributed by atoms with E-state index in [2.05, 4.69) is 12.7 Å². The summed E-state index contributed by atoms with van der Waals surface area (Å²) in [4.78, 5) is 0. The molecule has 0 aromatic heterocycles. The minimum atomic E-state index is -0.438. The molecule has 0 N–H and O–H groups in total. The Labute approximate surface area is 65.1 Å². The second-order valence-electron chi connectivity index (χ2n) is 2.22. The molecule has 0 atom stereocenters. The summed E-state index contributed by atoms with van der Waals surface area (Å²) in [6.45, 7) is 3.45. The van der Waals surface area contributed by atoms with Crippen LogP contribution in [0.5, 0.6) is 11.5 Å². The second kappa shape index (κ2) is 2.31. The van der Waals surface area contributed by atoms with Crippen molar-refractivity contribution >= 4 is 0 Å². The molecule has 0 saturated carbocycles. The van der Waals surface area contributed by atoms with Crippen molar-refractivity contribution in [2.45, 2.75) is 6.29 Å². The van der Waals surface area contributed by atoms with Crippen LogP contribution in [0.1, 0.15) is 0 Å². The minimum absolute atomic E-state index is 0.438. The van der Waals surface area contributed by atoms with Crippen LogP contribution in [0.25, 0.3) is 0 Å². The molecule has 1 radical (unpaired) electrons. The summed E-state index contributed by atoms with van der Waals surface area (Å²) in [5, 5.41) is 0. The van der Waals surface area contributed by atoms with Crippen molar-refractivity contribution in [2.24, 2.45) is 0 Å². The molecule has 0 unspecified atom stereocenters. The highest BCUT2D eigenvalue weighted by molar-refractivity contribution is 5.41. The van der Waals surface area contributed by atoms with Gasteiger partial charge in [-0.2, -0.15) is 0 Å². The normalized spacial score (nSPS) is 14.9. The third kappa shape index (κ3) is 0.963. The van der Waals surface area contributed by atoms with Crippen LogP contribution in [-0.4, -0.2) is 6.29 Å². The van der Waals surface area contributed by atoms with Crippen molar-refractivity contribution in [2.75, 3.05) is 0 Å². The van der Waals surface area contributed by atoms with Crippen LogP contribution in [0.4, 0.5) is 0 Å². The molecule has 2 heteroatoms. The molecule has 2 nitrogen and oxygen atoms in total. The van der Waals surface area contributed by atoms with Crippen molar-refractivity contribution in [3.63, 3.8) is 0 Å². The van der Waals surface area contributed by atoms with Gasteiger partial charge in [0.2, 0.25) is 0 Å². The van der Waals surface area contributed by atoms with Gasteiger partial charge in [0.1, 0.15) is 0 Å². The third-order valence-electron chi connectivity index (χ3n) is 1.48. The van der Waals surface area contributed by atoms with Crippen molar-refractivity contribution in [1.82, 2.24) is 0 Å². The highest BCUT2D eigenvalue weighted by atomic mass is 16.7. The van der Waals surface area contributed by atoms with Gasteiger partial charge in [-0.1, -0.05) is 18.7 Å². The zero-order valence-corrected chi connectivity index (χ0v) is 5.91. The number of para-hydroxylation sites is 2. The predicted molar refractivity (Wildman–Crippen MR) is 40.4 cm³/mol. The molecular formula is C9H7O2. The van der Waals surface area contributed by atoms with Gasteiger partial charge in [-0.05, 0) is 12.1 Å². The molecule has 1 heterocycles. The lowest BCUT2D eigenvalue weighted by molar-refractivity contribution is 0.0886. The molecule has 0 spiro atoms. The first kappa shape index (κ1) is 6.28. The Bertz CT molecular complexity index is 256. The van der Waals surface area contributed by atoms with Crippen molar-refractivity contribution < 1.29 is 9.47 Å². The summed E-state index contributed by atoms with van der Waals surface area (Å²) in [7, 11) is 0. The standard InChI is InChI=1S/C9H7O2/c1-2-9-10-7-5-3-4-6-8(7)11-9/h3-6,9H,1H2. The van der Waals surface area contributed by atoms with Gasteiger partial charge in [0.25, 0.3) is 6.29 Å². The summed E-state index contributed by atoms with van der Waals surface area (Å²) in [5.74, 6) is 1.52. The first-order valence-electron chi connectivity index (χ1n) is 3.35. The summed E-state index contributed by atoms with van der Waals surface area (Å²) < 4.78 is 10.5. The van der Waals surface area contributed by atoms with Crippen LogP contribution in [0.3, 0.4) is 0 Å². The van der Waals surface area contributed by atoms with Crippen LogP contribution in [0.15, 0.2) is 30.8 Å². The van der Waals surface area contributed by atoms with E-state index in [0.717, 1.165) is 11.5 Å². The van der Waals surface area contributed by atoms with Gasteiger partial charge in [0, 0.05) is 6.08 Å². The number of hydrogen-bond acceptors (Lipinski definition) is 2. The molecule has 0 aliphatic carbocycles. The SMILES string of the molecule is C=[C]C1Oc2ccccc2O1. The Balaban J connectivity index is 2.33. The van der Waals surface area contributed by atoms with Crippen molar-refractivity contribution in [1.29, 1.82) is 0 Å². The summed E-state index contributed by atoms with van der Waals surface area (Å²) in [6, 6.07) is 7.50. The second-order valence-corrected chi connectivity index (χ2v) is 2.22. The average Bonchev–Trinajstić information content (AvgIpc) is 2.46. The van der Waals surface area contributed by atoms with Gasteiger partial charge >= 0.3 is 0 Å². The molecule has 0 saturated heterocycles. The van der Waals surface area contributed by atoms with E-state index >= 15 is 0 Å². The topological polar surface area (TPSA) is 18.5 Å². The van der Waals surface area contributed by atoms with Crippen LogP contribution >= 0.6 is 0 Å². The summed E-state index contributed by atoms with van der Waals surface area (Å²) in [5.41, 5.74) is 0. The van der Waals surface area contributed by atoms with Gasteiger partial charge in [0.15, 0.2) is 11.5 Å². The highest BCUT2D eigenvalue weighted by Crippen LogP contribution is 2.33. The monoisotopic (exact) mass is 147 g/mol. The first-order valence-corrected chi connectivity index (χ1v) is 3.35. The van der Waals surface area contributed by atoms with E-state index in [1.807, 2.05) is 24.3 Å². The van der Waals surface area contributed by atoms with Gasteiger partial charge in [-0.15, -0.1) is 0 Å². The molecular weight excluding hydrogens is 140 g/mol. The molecule has 0 bridgehead atoms. The molecule has 1 aliphatic rings. The van der Waals surface area contributed by atoms with E-state index in [9.17, 15) is 0 Å². The van der Waals surface area contributed by atoms with Crippen molar-refractivity contribution in [3.8, 4) is 11.5 Å². The highest BCUT2D eigenvalue weighted by Gasteiger charge is 2.20. The first-order chi connectivity index (χ1) is 5.40. The zero-order chi connectivity index (χ0) is 7.68. The van der Waals surface area contributed by atoms with Gasteiger partial charge in [-0.25, -0.2) is 0 Å².